The molecule has 1 aliphatic heterocycles. The topological polar surface area (TPSA) is 15.3 Å². The van der Waals surface area contributed by atoms with Crippen molar-refractivity contribution >= 4 is 0 Å². The lowest BCUT2D eigenvalue weighted by Crippen LogP contribution is -2.51. The van der Waals surface area contributed by atoms with Crippen molar-refractivity contribution in [3.63, 3.8) is 0 Å². The predicted octanol–water partition coefficient (Wildman–Crippen LogP) is 2.88. The maximum Gasteiger partial charge on any atom is 0.00978 e. The lowest BCUT2D eigenvalue weighted by atomic mass is 9.77. The molecule has 2 aliphatic rings. The second-order valence-corrected chi connectivity index (χ2v) is 6.59. The third-order valence-electron chi connectivity index (χ3n) is 5.36. The Morgan fingerprint density at radius 1 is 1.06 bits per heavy atom. The van der Waals surface area contributed by atoms with Gasteiger partial charge in [0, 0.05) is 18.1 Å². The molecule has 1 saturated carbocycles. The first-order chi connectivity index (χ1) is 8.08. The molecule has 2 rings (SSSR count). The van der Waals surface area contributed by atoms with Crippen LogP contribution in [0.3, 0.4) is 0 Å². The first kappa shape index (κ1) is 13.4. The second kappa shape index (κ2) is 5.71. The molecule has 0 aromatic heterocycles. The molecular formula is C15H30N2. The summed E-state index contributed by atoms with van der Waals surface area (Å²) in [6.07, 6.45) is 6.91. The van der Waals surface area contributed by atoms with Crippen LogP contribution in [-0.2, 0) is 0 Å². The van der Waals surface area contributed by atoms with E-state index in [4.69, 9.17) is 0 Å². The molecule has 100 valence electrons. The predicted molar refractivity (Wildman–Crippen MR) is 74.2 cm³/mol. The summed E-state index contributed by atoms with van der Waals surface area (Å²) in [6, 6.07) is 2.29. The molecule has 0 amide bonds. The Labute approximate surface area is 107 Å². The Morgan fingerprint density at radius 3 is 2.53 bits per heavy atom. The highest BCUT2D eigenvalue weighted by Crippen LogP contribution is 2.30. The Bertz CT molecular complexity index is 241. The summed E-state index contributed by atoms with van der Waals surface area (Å²) in [6.45, 7) is 8.49. The van der Waals surface area contributed by atoms with Crippen molar-refractivity contribution in [2.45, 2.75) is 71.0 Å². The standard InChI is InChI=1S/C15H30N2/c1-11-6-5-7-15(13(11)3)16-14-8-9-17(4)12(2)10-14/h11-16H,5-10H2,1-4H3. The summed E-state index contributed by atoms with van der Waals surface area (Å²) in [4.78, 5) is 2.49. The molecule has 2 nitrogen and oxygen atoms in total. The molecule has 1 N–H and O–H groups in total. The van der Waals surface area contributed by atoms with Gasteiger partial charge in [-0.25, -0.2) is 0 Å². The van der Waals surface area contributed by atoms with E-state index in [9.17, 15) is 0 Å². The minimum atomic E-state index is 0.748. The van der Waals surface area contributed by atoms with E-state index >= 15 is 0 Å². The van der Waals surface area contributed by atoms with Gasteiger partial charge in [-0.2, -0.15) is 0 Å². The van der Waals surface area contributed by atoms with Gasteiger partial charge < -0.3 is 10.2 Å². The van der Waals surface area contributed by atoms with Gasteiger partial charge in [0.15, 0.2) is 0 Å². The number of piperidine rings is 1. The molecule has 1 saturated heterocycles. The Hall–Kier alpha value is -0.0800. The first-order valence-electron chi connectivity index (χ1n) is 7.54. The van der Waals surface area contributed by atoms with Crippen LogP contribution in [0.2, 0.25) is 0 Å². The molecule has 5 unspecified atom stereocenters. The Balaban J connectivity index is 1.84. The quantitative estimate of drug-likeness (QED) is 0.796. The normalized spacial score (nSPS) is 44.8. The van der Waals surface area contributed by atoms with Crippen molar-refractivity contribution in [2.24, 2.45) is 11.8 Å². The number of nitrogens with zero attached hydrogens (tertiary/aromatic N) is 1. The lowest BCUT2D eigenvalue weighted by molar-refractivity contribution is 0.133. The molecule has 0 spiro atoms. The van der Waals surface area contributed by atoms with Crippen LogP contribution in [0.15, 0.2) is 0 Å². The maximum absolute atomic E-state index is 3.96. The molecule has 0 radical (unpaired) electrons. The van der Waals surface area contributed by atoms with E-state index in [1.807, 2.05) is 0 Å². The summed E-state index contributed by atoms with van der Waals surface area (Å²) in [5.41, 5.74) is 0. The SMILES string of the molecule is CC1CCCC(NC2CCN(C)C(C)C2)C1C. The third kappa shape index (κ3) is 3.23. The van der Waals surface area contributed by atoms with Gasteiger partial charge in [-0.15, -0.1) is 0 Å². The molecule has 5 atom stereocenters. The fourth-order valence-electron chi connectivity index (χ4n) is 3.56. The Kier molecular flexibility index (Phi) is 4.48. The fraction of sp³-hybridized carbons (Fsp3) is 1.00. The Morgan fingerprint density at radius 2 is 1.82 bits per heavy atom. The van der Waals surface area contributed by atoms with E-state index < -0.39 is 0 Å². The van der Waals surface area contributed by atoms with Gasteiger partial charge in [0.05, 0.1) is 0 Å². The second-order valence-electron chi connectivity index (χ2n) is 6.59. The summed E-state index contributed by atoms with van der Waals surface area (Å²) in [5, 5.41) is 3.96. The first-order valence-corrected chi connectivity index (χ1v) is 7.54. The number of likely N-dealkylation sites (tertiary alicyclic amines) is 1. The molecule has 2 heteroatoms. The lowest BCUT2D eigenvalue weighted by Gasteiger charge is -2.41. The monoisotopic (exact) mass is 238 g/mol. The molecule has 1 aliphatic carbocycles. The molecule has 2 fully saturated rings. The van der Waals surface area contributed by atoms with Crippen LogP contribution in [-0.4, -0.2) is 36.6 Å². The minimum Gasteiger partial charge on any atom is -0.311 e. The van der Waals surface area contributed by atoms with Crippen molar-refractivity contribution in [2.75, 3.05) is 13.6 Å². The van der Waals surface area contributed by atoms with Crippen LogP contribution in [0.25, 0.3) is 0 Å². The van der Waals surface area contributed by atoms with E-state index in [2.05, 4.69) is 38.0 Å². The van der Waals surface area contributed by atoms with Crippen molar-refractivity contribution in [3.8, 4) is 0 Å². The molecular weight excluding hydrogens is 208 g/mol. The highest BCUT2D eigenvalue weighted by Gasteiger charge is 2.30. The van der Waals surface area contributed by atoms with Gasteiger partial charge in [0.25, 0.3) is 0 Å². The average Bonchev–Trinajstić information content (AvgIpc) is 2.30. The smallest absolute Gasteiger partial charge is 0.00978 e. The summed E-state index contributed by atoms with van der Waals surface area (Å²) >= 11 is 0. The zero-order valence-corrected chi connectivity index (χ0v) is 12.1. The average molecular weight is 238 g/mol. The van der Waals surface area contributed by atoms with Crippen LogP contribution in [0.5, 0.6) is 0 Å². The van der Waals surface area contributed by atoms with Crippen molar-refractivity contribution in [1.29, 1.82) is 0 Å². The van der Waals surface area contributed by atoms with E-state index in [1.54, 1.807) is 0 Å². The maximum atomic E-state index is 3.96. The summed E-state index contributed by atoms with van der Waals surface area (Å²) in [5.74, 6) is 1.77. The van der Waals surface area contributed by atoms with E-state index in [0.29, 0.717) is 0 Å². The molecule has 0 aromatic carbocycles. The van der Waals surface area contributed by atoms with Gasteiger partial charge in [0.2, 0.25) is 0 Å². The number of nitrogens with one attached hydrogen (secondary N) is 1. The summed E-state index contributed by atoms with van der Waals surface area (Å²) in [7, 11) is 2.26. The van der Waals surface area contributed by atoms with Gasteiger partial charge >= 0.3 is 0 Å². The van der Waals surface area contributed by atoms with Crippen molar-refractivity contribution in [1.82, 2.24) is 10.2 Å². The number of hydrogen-bond donors (Lipinski definition) is 1. The zero-order chi connectivity index (χ0) is 12.4. The van der Waals surface area contributed by atoms with Gasteiger partial charge in [-0.3, -0.25) is 0 Å². The highest BCUT2D eigenvalue weighted by atomic mass is 15.1. The number of hydrogen-bond acceptors (Lipinski definition) is 2. The minimum absolute atomic E-state index is 0.748. The van der Waals surface area contributed by atoms with E-state index in [-0.39, 0.29) is 0 Å². The van der Waals surface area contributed by atoms with Crippen LogP contribution >= 0.6 is 0 Å². The van der Waals surface area contributed by atoms with Crippen molar-refractivity contribution < 1.29 is 0 Å². The van der Waals surface area contributed by atoms with Crippen LogP contribution in [0, 0.1) is 11.8 Å². The van der Waals surface area contributed by atoms with Crippen LogP contribution in [0.4, 0.5) is 0 Å². The van der Waals surface area contributed by atoms with Crippen molar-refractivity contribution in [3.05, 3.63) is 0 Å². The molecule has 17 heavy (non-hydrogen) atoms. The van der Waals surface area contributed by atoms with Gasteiger partial charge in [0.1, 0.15) is 0 Å². The van der Waals surface area contributed by atoms with E-state index in [0.717, 1.165) is 30.0 Å². The molecule has 0 bridgehead atoms. The zero-order valence-electron chi connectivity index (χ0n) is 12.1. The fourth-order valence-corrected chi connectivity index (χ4v) is 3.56. The largest absolute Gasteiger partial charge is 0.311 e. The highest BCUT2D eigenvalue weighted by molar-refractivity contribution is 4.88. The van der Waals surface area contributed by atoms with E-state index in [1.165, 1.54) is 38.6 Å². The van der Waals surface area contributed by atoms with Crippen LogP contribution < -0.4 is 5.32 Å². The third-order valence-corrected chi connectivity index (χ3v) is 5.36. The van der Waals surface area contributed by atoms with Crippen LogP contribution in [0.1, 0.15) is 52.9 Å². The number of rotatable bonds is 2. The summed E-state index contributed by atoms with van der Waals surface area (Å²) < 4.78 is 0. The van der Waals surface area contributed by atoms with Gasteiger partial charge in [-0.1, -0.05) is 26.7 Å². The van der Waals surface area contributed by atoms with Gasteiger partial charge in [-0.05, 0) is 51.6 Å². The molecule has 0 aromatic rings. The molecule has 1 heterocycles.